The molecule has 142 valence electrons. The average molecular weight is 339 g/mol. The summed E-state index contributed by atoms with van der Waals surface area (Å²) < 4.78 is 5.47. The quantitative estimate of drug-likeness (QED) is 0.249. The molecule has 2 nitrogen and oxygen atoms in total. The zero-order valence-corrected chi connectivity index (χ0v) is 17.6. The predicted molar refractivity (Wildman–Crippen MR) is 105 cm³/mol. The summed E-state index contributed by atoms with van der Waals surface area (Å²) in [5.41, 5.74) is 1.22. The van der Waals surface area contributed by atoms with Gasteiger partial charge in [0.25, 0.3) is 0 Å². The Bertz CT molecular complexity index is 382. The maximum atomic E-state index is 11.7. The predicted octanol–water partition coefficient (Wildman–Crippen LogP) is 6.79. The topological polar surface area (TPSA) is 26.3 Å². The van der Waals surface area contributed by atoms with Gasteiger partial charge in [0.15, 0.2) is 0 Å². The van der Waals surface area contributed by atoms with Crippen LogP contribution in [0.4, 0.5) is 0 Å². The molecule has 0 rings (SSSR count). The molecule has 0 aliphatic carbocycles. The molecule has 2 atom stereocenters. The first-order chi connectivity index (χ1) is 10.8. The van der Waals surface area contributed by atoms with E-state index in [-0.39, 0.29) is 5.97 Å². The highest BCUT2D eigenvalue weighted by molar-refractivity contribution is 5.86. The fourth-order valence-electron chi connectivity index (χ4n) is 3.21. The van der Waals surface area contributed by atoms with E-state index in [4.69, 9.17) is 4.74 Å². The highest BCUT2D eigenvalue weighted by Gasteiger charge is 2.24. The SMILES string of the molecule is C=C(C)C(=O)OCC(CCCCCC(C)(C)C)C(C)CC(C)(C)C. The zero-order valence-electron chi connectivity index (χ0n) is 17.6. The van der Waals surface area contributed by atoms with E-state index in [0.29, 0.717) is 34.8 Å². The Morgan fingerprint density at radius 2 is 1.58 bits per heavy atom. The van der Waals surface area contributed by atoms with E-state index in [2.05, 4.69) is 55.0 Å². The second-order valence-electron chi connectivity index (χ2n) is 10.0. The largest absolute Gasteiger partial charge is 0.462 e. The molecule has 0 heterocycles. The van der Waals surface area contributed by atoms with E-state index >= 15 is 0 Å². The van der Waals surface area contributed by atoms with Gasteiger partial charge in [-0.05, 0) is 48.9 Å². The standard InChI is InChI=1S/C22H42O2/c1-17(2)20(23)24-16-19(18(3)15-22(7,8)9)13-11-10-12-14-21(4,5)6/h18-19H,1,10-16H2,2-9H3. The van der Waals surface area contributed by atoms with Crippen LogP contribution in [0.1, 0.15) is 93.9 Å². The van der Waals surface area contributed by atoms with Crippen molar-refractivity contribution in [2.24, 2.45) is 22.7 Å². The molecule has 0 aliphatic heterocycles. The summed E-state index contributed by atoms with van der Waals surface area (Å²) in [7, 11) is 0. The summed E-state index contributed by atoms with van der Waals surface area (Å²) in [5, 5.41) is 0. The lowest BCUT2D eigenvalue weighted by Crippen LogP contribution is -2.24. The average Bonchev–Trinajstić information content (AvgIpc) is 2.37. The van der Waals surface area contributed by atoms with Crippen LogP contribution in [-0.4, -0.2) is 12.6 Å². The van der Waals surface area contributed by atoms with E-state index in [9.17, 15) is 4.79 Å². The van der Waals surface area contributed by atoms with Gasteiger partial charge in [-0.15, -0.1) is 0 Å². The van der Waals surface area contributed by atoms with Crippen LogP contribution in [0.3, 0.4) is 0 Å². The lowest BCUT2D eigenvalue weighted by Gasteiger charge is -2.30. The van der Waals surface area contributed by atoms with Crippen LogP contribution in [0.5, 0.6) is 0 Å². The van der Waals surface area contributed by atoms with Crippen LogP contribution < -0.4 is 0 Å². The van der Waals surface area contributed by atoms with E-state index in [1.165, 1.54) is 25.7 Å². The van der Waals surface area contributed by atoms with Crippen molar-refractivity contribution in [3.05, 3.63) is 12.2 Å². The summed E-state index contributed by atoms with van der Waals surface area (Å²) >= 11 is 0. The second-order valence-corrected chi connectivity index (χ2v) is 10.0. The van der Waals surface area contributed by atoms with Crippen LogP contribution in [0.15, 0.2) is 12.2 Å². The van der Waals surface area contributed by atoms with Gasteiger partial charge >= 0.3 is 5.97 Å². The van der Waals surface area contributed by atoms with Crippen molar-refractivity contribution >= 4 is 5.97 Å². The van der Waals surface area contributed by atoms with Crippen molar-refractivity contribution in [2.45, 2.75) is 93.9 Å². The Morgan fingerprint density at radius 3 is 2.04 bits per heavy atom. The van der Waals surface area contributed by atoms with E-state index in [1.807, 2.05) is 0 Å². The first kappa shape index (κ1) is 23.2. The molecule has 0 aromatic heterocycles. The summed E-state index contributed by atoms with van der Waals surface area (Å²) in [5.74, 6) is 0.753. The van der Waals surface area contributed by atoms with Gasteiger partial charge in [0.1, 0.15) is 0 Å². The van der Waals surface area contributed by atoms with Gasteiger partial charge in [0, 0.05) is 5.57 Å². The van der Waals surface area contributed by atoms with Gasteiger partial charge in [-0.2, -0.15) is 0 Å². The number of rotatable bonds is 10. The minimum Gasteiger partial charge on any atom is -0.462 e. The number of esters is 1. The summed E-state index contributed by atoms with van der Waals surface area (Å²) in [6.07, 6.45) is 7.36. The van der Waals surface area contributed by atoms with Gasteiger partial charge in [-0.3, -0.25) is 0 Å². The number of carbonyl (C=O) groups is 1. The first-order valence-corrected chi connectivity index (χ1v) is 9.64. The Hall–Kier alpha value is -0.790. The van der Waals surface area contributed by atoms with Crippen molar-refractivity contribution in [3.63, 3.8) is 0 Å². The molecule has 0 radical (unpaired) electrons. The number of hydrogen-bond acceptors (Lipinski definition) is 2. The maximum Gasteiger partial charge on any atom is 0.333 e. The van der Waals surface area contributed by atoms with Crippen molar-refractivity contribution in [1.82, 2.24) is 0 Å². The highest BCUT2D eigenvalue weighted by atomic mass is 16.5. The van der Waals surface area contributed by atoms with Crippen LogP contribution in [0.25, 0.3) is 0 Å². The smallest absolute Gasteiger partial charge is 0.333 e. The normalized spacial score (nSPS) is 15.0. The van der Waals surface area contributed by atoms with E-state index in [0.717, 1.165) is 12.8 Å². The third-order valence-electron chi connectivity index (χ3n) is 4.52. The highest BCUT2D eigenvalue weighted by Crippen LogP contribution is 2.32. The van der Waals surface area contributed by atoms with Crippen molar-refractivity contribution in [1.29, 1.82) is 0 Å². The number of hydrogen-bond donors (Lipinski definition) is 0. The lowest BCUT2D eigenvalue weighted by atomic mass is 9.78. The van der Waals surface area contributed by atoms with Gasteiger partial charge in [0.05, 0.1) is 6.61 Å². The number of unbranched alkanes of at least 4 members (excludes halogenated alkanes) is 2. The minimum absolute atomic E-state index is 0.254. The minimum atomic E-state index is -0.254. The summed E-state index contributed by atoms with van der Waals surface area (Å²) in [4.78, 5) is 11.7. The molecule has 0 saturated carbocycles. The Morgan fingerprint density at radius 1 is 1.00 bits per heavy atom. The Kier molecular flexibility index (Phi) is 9.92. The third kappa shape index (κ3) is 12.6. The number of carbonyl (C=O) groups excluding carboxylic acids is 1. The summed E-state index contributed by atoms with van der Waals surface area (Å²) in [6, 6.07) is 0. The fourth-order valence-corrected chi connectivity index (χ4v) is 3.21. The molecular weight excluding hydrogens is 296 g/mol. The van der Waals surface area contributed by atoms with E-state index < -0.39 is 0 Å². The van der Waals surface area contributed by atoms with Crippen LogP contribution in [0, 0.1) is 22.7 Å². The van der Waals surface area contributed by atoms with Crippen LogP contribution in [0.2, 0.25) is 0 Å². The lowest BCUT2D eigenvalue weighted by molar-refractivity contribution is -0.141. The van der Waals surface area contributed by atoms with Crippen molar-refractivity contribution in [2.75, 3.05) is 6.61 Å². The van der Waals surface area contributed by atoms with Gasteiger partial charge in [-0.25, -0.2) is 4.79 Å². The molecule has 2 heteroatoms. The molecular formula is C22H42O2. The monoisotopic (exact) mass is 338 g/mol. The third-order valence-corrected chi connectivity index (χ3v) is 4.52. The Labute approximate surface area is 151 Å². The second kappa shape index (κ2) is 10.3. The van der Waals surface area contributed by atoms with Crippen LogP contribution >= 0.6 is 0 Å². The molecule has 0 fully saturated rings. The van der Waals surface area contributed by atoms with Crippen LogP contribution in [-0.2, 0) is 9.53 Å². The molecule has 0 spiro atoms. The first-order valence-electron chi connectivity index (χ1n) is 9.64. The fraction of sp³-hybridized carbons (Fsp3) is 0.864. The molecule has 0 aliphatic rings. The van der Waals surface area contributed by atoms with Gasteiger partial charge in [0.2, 0.25) is 0 Å². The molecule has 0 amide bonds. The van der Waals surface area contributed by atoms with Gasteiger partial charge < -0.3 is 4.74 Å². The molecule has 0 aromatic carbocycles. The zero-order chi connectivity index (χ0) is 19.0. The van der Waals surface area contributed by atoms with Crippen molar-refractivity contribution in [3.8, 4) is 0 Å². The van der Waals surface area contributed by atoms with E-state index in [1.54, 1.807) is 6.92 Å². The Balaban J connectivity index is 4.46. The van der Waals surface area contributed by atoms with Gasteiger partial charge in [-0.1, -0.05) is 74.3 Å². The molecule has 0 bridgehead atoms. The summed E-state index contributed by atoms with van der Waals surface area (Å²) in [6.45, 7) is 22.0. The molecule has 0 N–H and O–H groups in total. The maximum absolute atomic E-state index is 11.7. The number of ether oxygens (including phenoxy) is 1. The van der Waals surface area contributed by atoms with Crippen molar-refractivity contribution < 1.29 is 9.53 Å². The molecule has 2 unspecified atom stereocenters. The molecule has 0 aromatic rings. The molecule has 24 heavy (non-hydrogen) atoms. The molecule has 0 saturated heterocycles.